The average molecular weight is 288 g/mol. The highest BCUT2D eigenvalue weighted by Crippen LogP contribution is 2.09. The summed E-state index contributed by atoms with van der Waals surface area (Å²) < 4.78 is 30.6. The highest BCUT2D eigenvalue weighted by Gasteiger charge is 2.15. The zero-order valence-electron chi connectivity index (χ0n) is 10.4. The molecule has 0 aromatic carbocycles. The number of nitrogens with two attached hydrogens (primary N) is 1. The fraction of sp³-hybridized carbons (Fsp3) is 0.400. The Kier molecular flexibility index (Phi) is 5.67. The van der Waals surface area contributed by atoms with Gasteiger partial charge in [0.25, 0.3) is 0 Å². The first-order chi connectivity index (χ1) is 8.95. The van der Waals surface area contributed by atoms with E-state index in [4.69, 9.17) is 10.5 Å². The Morgan fingerprint density at radius 1 is 1.53 bits per heavy atom. The van der Waals surface area contributed by atoms with Gasteiger partial charge in [-0.2, -0.15) is 0 Å². The minimum atomic E-state index is -3.77. The third-order valence-corrected chi connectivity index (χ3v) is 3.51. The lowest BCUT2D eigenvalue weighted by Crippen LogP contribution is -2.38. The standard InChI is InChI=1S/C10H16N4O4S/c1-18-5-4-13-10(15)7-14-19(16,17)8-2-3-12-9(11)6-8/h2-3,6,14H,4-5,7H2,1H3,(H2,11,12)(H,13,15). The number of carbonyl (C=O) groups excluding carboxylic acids is 1. The summed E-state index contributed by atoms with van der Waals surface area (Å²) >= 11 is 0. The van der Waals surface area contributed by atoms with Crippen molar-refractivity contribution < 1.29 is 17.9 Å². The predicted molar refractivity (Wildman–Crippen MR) is 68.7 cm³/mol. The second-order valence-electron chi connectivity index (χ2n) is 3.58. The number of nitrogens with one attached hydrogen (secondary N) is 2. The van der Waals surface area contributed by atoms with Crippen LogP contribution in [0.3, 0.4) is 0 Å². The van der Waals surface area contributed by atoms with Gasteiger partial charge < -0.3 is 15.8 Å². The van der Waals surface area contributed by atoms with Crippen molar-refractivity contribution in [1.29, 1.82) is 0 Å². The van der Waals surface area contributed by atoms with Crippen LogP contribution in [0, 0.1) is 0 Å². The molecule has 0 atom stereocenters. The quantitative estimate of drug-likeness (QED) is 0.536. The molecule has 1 heterocycles. The van der Waals surface area contributed by atoms with Crippen molar-refractivity contribution in [2.24, 2.45) is 0 Å². The highest BCUT2D eigenvalue weighted by molar-refractivity contribution is 7.89. The zero-order chi connectivity index (χ0) is 14.3. The third-order valence-electron chi connectivity index (χ3n) is 2.11. The lowest BCUT2D eigenvalue weighted by atomic mass is 10.5. The molecule has 1 aromatic heterocycles. The van der Waals surface area contributed by atoms with Gasteiger partial charge >= 0.3 is 0 Å². The molecular formula is C10H16N4O4S. The lowest BCUT2D eigenvalue weighted by Gasteiger charge is -2.07. The molecule has 1 rings (SSSR count). The van der Waals surface area contributed by atoms with Gasteiger partial charge in [-0.1, -0.05) is 0 Å². The Hall–Kier alpha value is -1.71. The van der Waals surface area contributed by atoms with Gasteiger partial charge in [0.15, 0.2) is 0 Å². The second-order valence-corrected chi connectivity index (χ2v) is 5.35. The third kappa shape index (κ3) is 5.20. The van der Waals surface area contributed by atoms with Crippen LogP contribution in [0.15, 0.2) is 23.2 Å². The largest absolute Gasteiger partial charge is 0.384 e. The molecule has 0 bridgehead atoms. The van der Waals surface area contributed by atoms with Crippen LogP contribution in [-0.2, 0) is 19.6 Å². The molecule has 0 spiro atoms. The molecule has 0 aliphatic rings. The average Bonchev–Trinajstić information content (AvgIpc) is 2.37. The lowest BCUT2D eigenvalue weighted by molar-refractivity contribution is -0.120. The zero-order valence-corrected chi connectivity index (χ0v) is 11.2. The number of carbonyl (C=O) groups is 1. The molecule has 0 unspecified atom stereocenters. The first-order valence-electron chi connectivity index (χ1n) is 5.42. The van der Waals surface area contributed by atoms with Gasteiger partial charge in [0.2, 0.25) is 15.9 Å². The summed E-state index contributed by atoms with van der Waals surface area (Å²) in [5.41, 5.74) is 5.40. The van der Waals surface area contributed by atoms with E-state index in [1.165, 1.54) is 25.4 Å². The van der Waals surface area contributed by atoms with Gasteiger partial charge in [-0.25, -0.2) is 18.1 Å². The number of amides is 1. The molecule has 19 heavy (non-hydrogen) atoms. The minimum Gasteiger partial charge on any atom is -0.384 e. The van der Waals surface area contributed by atoms with Crippen molar-refractivity contribution in [2.45, 2.75) is 4.90 Å². The number of ether oxygens (including phenoxy) is 1. The Morgan fingerprint density at radius 2 is 2.26 bits per heavy atom. The van der Waals surface area contributed by atoms with E-state index in [0.717, 1.165) is 0 Å². The molecule has 9 heteroatoms. The number of methoxy groups -OCH3 is 1. The summed E-state index contributed by atoms with van der Waals surface area (Å²) in [6.07, 6.45) is 1.28. The SMILES string of the molecule is COCCNC(=O)CNS(=O)(=O)c1ccnc(N)c1. The topological polar surface area (TPSA) is 123 Å². The molecule has 0 aliphatic carbocycles. The summed E-state index contributed by atoms with van der Waals surface area (Å²) in [4.78, 5) is 15.0. The van der Waals surface area contributed by atoms with E-state index < -0.39 is 15.9 Å². The number of pyridine rings is 1. The van der Waals surface area contributed by atoms with Crippen LogP contribution in [0.2, 0.25) is 0 Å². The Balaban J connectivity index is 2.54. The van der Waals surface area contributed by atoms with Crippen molar-refractivity contribution >= 4 is 21.7 Å². The summed E-state index contributed by atoms with van der Waals surface area (Å²) in [6.45, 7) is 0.326. The molecular weight excluding hydrogens is 272 g/mol. The maximum absolute atomic E-state index is 11.8. The number of rotatable bonds is 7. The van der Waals surface area contributed by atoms with Gasteiger partial charge in [-0.3, -0.25) is 4.79 Å². The second kappa shape index (κ2) is 7.02. The molecule has 0 fully saturated rings. The number of hydrogen-bond donors (Lipinski definition) is 3. The summed E-state index contributed by atoms with van der Waals surface area (Å²) in [7, 11) is -2.27. The number of anilines is 1. The van der Waals surface area contributed by atoms with Crippen molar-refractivity contribution in [3.8, 4) is 0 Å². The number of nitrogens with zero attached hydrogens (tertiary/aromatic N) is 1. The van der Waals surface area contributed by atoms with Crippen LogP contribution in [0.1, 0.15) is 0 Å². The van der Waals surface area contributed by atoms with Crippen molar-refractivity contribution in [2.75, 3.05) is 32.5 Å². The van der Waals surface area contributed by atoms with E-state index in [0.29, 0.717) is 13.2 Å². The van der Waals surface area contributed by atoms with Crippen molar-refractivity contribution in [3.05, 3.63) is 18.3 Å². The van der Waals surface area contributed by atoms with Crippen LogP contribution in [0.5, 0.6) is 0 Å². The van der Waals surface area contributed by atoms with Crippen molar-refractivity contribution in [1.82, 2.24) is 15.0 Å². The number of sulfonamides is 1. The van der Waals surface area contributed by atoms with E-state index in [1.54, 1.807) is 0 Å². The molecule has 0 saturated heterocycles. The Morgan fingerprint density at radius 3 is 2.89 bits per heavy atom. The number of aromatic nitrogens is 1. The van der Waals surface area contributed by atoms with Crippen LogP contribution < -0.4 is 15.8 Å². The van der Waals surface area contributed by atoms with E-state index >= 15 is 0 Å². The maximum Gasteiger partial charge on any atom is 0.241 e. The fourth-order valence-corrected chi connectivity index (χ4v) is 2.20. The normalized spacial score (nSPS) is 11.2. The van der Waals surface area contributed by atoms with Gasteiger partial charge in [-0.05, 0) is 6.07 Å². The monoisotopic (exact) mass is 288 g/mol. The summed E-state index contributed by atoms with van der Waals surface area (Å²) in [5.74, 6) is -0.352. The van der Waals surface area contributed by atoms with Gasteiger partial charge in [-0.15, -0.1) is 0 Å². The van der Waals surface area contributed by atoms with Crippen LogP contribution in [0.25, 0.3) is 0 Å². The molecule has 0 saturated carbocycles. The van der Waals surface area contributed by atoms with Crippen LogP contribution >= 0.6 is 0 Å². The molecule has 1 amide bonds. The van der Waals surface area contributed by atoms with Crippen LogP contribution in [0.4, 0.5) is 5.82 Å². The van der Waals surface area contributed by atoms with Gasteiger partial charge in [0.05, 0.1) is 18.0 Å². The first-order valence-corrected chi connectivity index (χ1v) is 6.91. The molecule has 106 valence electrons. The van der Waals surface area contributed by atoms with E-state index in [1.807, 2.05) is 0 Å². The van der Waals surface area contributed by atoms with E-state index in [2.05, 4.69) is 15.0 Å². The molecule has 0 radical (unpaired) electrons. The van der Waals surface area contributed by atoms with E-state index in [-0.39, 0.29) is 17.3 Å². The van der Waals surface area contributed by atoms with E-state index in [9.17, 15) is 13.2 Å². The molecule has 8 nitrogen and oxygen atoms in total. The summed E-state index contributed by atoms with van der Waals surface area (Å²) in [5, 5.41) is 2.49. The number of nitrogen functional groups attached to an aromatic ring is 1. The molecule has 0 aliphatic heterocycles. The maximum atomic E-state index is 11.8. The number of hydrogen-bond acceptors (Lipinski definition) is 6. The molecule has 1 aromatic rings. The van der Waals surface area contributed by atoms with Crippen molar-refractivity contribution in [3.63, 3.8) is 0 Å². The smallest absolute Gasteiger partial charge is 0.241 e. The Labute approximate surface area is 111 Å². The van der Waals surface area contributed by atoms with Crippen LogP contribution in [-0.4, -0.2) is 46.1 Å². The summed E-state index contributed by atoms with van der Waals surface area (Å²) in [6, 6.07) is 2.51. The highest BCUT2D eigenvalue weighted by atomic mass is 32.2. The van der Waals surface area contributed by atoms with Gasteiger partial charge in [0, 0.05) is 25.9 Å². The fourth-order valence-electron chi connectivity index (χ4n) is 1.19. The first kappa shape index (κ1) is 15.3. The minimum absolute atomic E-state index is 0.0373. The predicted octanol–water partition coefficient (Wildman–Crippen LogP) is -1.30. The Bertz CT molecular complexity index is 532. The van der Waals surface area contributed by atoms with Gasteiger partial charge in [0.1, 0.15) is 5.82 Å². The molecule has 4 N–H and O–H groups in total.